The lowest BCUT2D eigenvalue weighted by Gasteiger charge is -2.05. The number of nitrogens with one attached hydrogen (secondary N) is 2. The van der Waals surface area contributed by atoms with Crippen LogP contribution in [0.25, 0.3) is 22.4 Å². The van der Waals surface area contributed by atoms with Crippen LogP contribution in [0.2, 0.25) is 5.28 Å². The number of alkyl halides is 3. The summed E-state index contributed by atoms with van der Waals surface area (Å²) in [5.41, 5.74) is 2.63. The Morgan fingerprint density at radius 2 is 1.93 bits per heavy atom. The first-order valence-corrected chi connectivity index (χ1v) is 8.40. The molecule has 3 heterocycles. The van der Waals surface area contributed by atoms with E-state index in [4.69, 9.17) is 21.4 Å². The number of oxazole rings is 1. The maximum absolute atomic E-state index is 12.8. The molecular weight excluding hydrogens is 397 g/mol. The molecule has 0 atom stereocenters. The fourth-order valence-electron chi connectivity index (χ4n) is 2.84. The molecule has 0 saturated heterocycles. The zero-order valence-electron chi connectivity index (χ0n) is 14.3. The number of nitrogens with zero attached hydrogens (tertiary/aromatic N) is 4. The van der Waals surface area contributed by atoms with Gasteiger partial charge in [-0.1, -0.05) is 24.3 Å². The molecule has 0 saturated carbocycles. The first-order valence-electron chi connectivity index (χ1n) is 8.02. The van der Waals surface area contributed by atoms with E-state index in [1.807, 2.05) is 0 Å². The number of rotatable bonds is 3. The quantitative estimate of drug-likeness (QED) is 0.502. The number of H-pyrrole nitrogens is 1. The van der Waals surface area contributed by atoms with Crippen LogP contribution >= 0.6 is 11.6 Å². The van der Waals surface area contributed by atoms with E-state index in [2.05, 4.69) is 19.9 Å². The van der Waals surface area contributed by atoms with Crippen LogP contribution in [0.15, 0.2) is 34.9 Å². The number of benzene rings is 1. The average molecular weight is 409 g/mol. The summed E-state index contributed by atoms with van der Waals surface area (Å²) in [6, 6.07) is 6.79. The minimum Gasteiger partial charge on any atom is -0.438 e. The second-order valence-corrected chi connectivity index (χ2v) is 6.39. The number of fused-ring (bicyclic) bond motifs is 1. The molecule has 4 rings (SSSR count). The molecule has 0 aliphatic heterocycles. The molecule has 0 spiro atoms. The molecule has 0 radical (unpaired) electrons. The third-order valence-corrected chi connectivity index (χ3v) is 4.31. The summed E-state index contributed by atoms with van der Waals surface area (Å²) >= 11 is 5.83. The average Bonchev–Trinajstić information content (AvgIpc) is 3.16. The number of imidazole rings is 1. The third kappa shape index (κ3) is 3.26. The predicted octanol–water partition coefficient (Wildman–Crippen LogP) is 3.92. The van der Waals surface area contributed by atoms with Gasteiger partial charge >= 0.3 is 12.1 Å². The lowest BCUT2D eigenvalue weighted by Crippen LogP contribution is -2.18. The number of hydrogen-bond acceptors (Lipinski definition) is 5. The molecule has 0 amide bonds. The van der Waals surface area contributed by atoms with Crippen LogP contribution in [0, 0.1) is 12.3 Å². The highest BCUT2D eigenvalue weighted by molar-refractivity contribution is 6.28. The SMILES string of the molecule is Cc1oc(C(F)(F)F)nc1-c1ccc(Cn2c(=N)[nH]c3cnc(Cl)nc32)cc1. The number of aromatic amines is 1. The van der Waals surface area contributed by atoms with Crippen LogP contribution in [-0.4, -0.2) is 24.5 Å². The van der Waals surface area contributed by atoms with Crippen molar-refractivity contribution in [1.29, 1.82) is 5.41 Å². The van der Waals surface area contributed by atoms with Crippen molar-refractivity contribution >= 4 is 22.8 Å². The van der Waals surface area contributed by atoms with Crippen molar-refractivity contribution in [3.05, 3.63) is 58.6 Å². The van der Waals surface area contributed by atoms with Crippen LogP contribution in [0.3, 0.4) is 0 Å². The standard InChI is InChI=1S/C17H12ClF3N6O/c1-8-12(25-14(28-8)17(19,20)21)10-4-2-9(3-5-10)7-27-13-11(24-16(27)22)6-23-15(18)26-13/h2-6H,7H2,1H3,(H2,22,24). The largest absolute Gasteiger partial charge is 0.468 e. The molecule has 28 heavy (non-hydrogen) atoms. The van der Waals surface area contributed by atoms with E-state index in [1.54, 1.807) is 28.8 Å². The van der Waals surface area contributed by atoms with Crippen molar-refractivity contribution in [3.8, 4) is 11.3 Å². The van der Waals surface area contributed by atoms with Gasteiger partial charge in [-0.2, -0.15) is 18.2 Å². The van der Waals surface area contributed by atoms with Crippen LogP contribution in [-0.2, 0) is 12.7 Å². The Morgan fingerprint density at radius 3 is 2.57 bits per heavy atom. The van der Waals surface area contributed by atoms with E-state index >= 15 is 0 Å². The first-order chi connectivity index (χ1) is 13.2. The molecule has 0 unspecified atom stereocenters. The smallest absolute Gasteiger partial charge is 0.438 e. The van der Waals surface area contributed by atoms with Gasteiger partial charge in [0.25, 0.3) is 0 Å². The summed E-state index contributed by atoms with van der Waals surface area (Å²) < 4.78 is 44.6. The highest BCUT2D eigenvalue weighted by Crippen LogP contribution is 2.33. The molecule has 11 heteroatoms. The molecular formula is C17H12ClF3N6O. The highest BCUT2D eigenvalue weighted by Gasteiger charge is 2.38. The van der Waals surface area contributed by atoms with E-state index in [1.165, 1.54) is 13.1 Å². The summed E-state index contributed by atoms with van der Waals surface area (Å²) in [5.74, 6) is -1.18. The molecule has 7 nitrogen and oxygen atoms in total. The molecule has 0 aliphatic carbocycles. The molecule has 0 fully saturated rings. The van der Waals surface area contributed by atoms with E-state index < -0.39 is 12.1 Å². The zero-order chi connectivity index (χ0) is 20.1. The van der Waals surface area contributed by atoms with Crippen molar-refractivity contribution in [3.63, 3.8) is 0 Å². The Morgan fingerprint density at radius 1 is 1.21 bits per heavy atom. The number of halogens is 4. The predicted molar refractivity (Wildman–Crippen MR) is 93.5 cm³/mol. The summed E-state index contributed by atoms with van der Waals surface area (Å²) in [4.78, 5) is 14.4. The molecule has 3 aromatic heterocycles. The van der Waals surface area contributed by atoms with Gasteiger partial charge in [-0.25, -0.2) is 9.97 Å². The fourth-order valence-corrected chi connectivity index (χ4v) is 2.97. The lowest BCUT2D eigenvalue weighted by molar-refractivity contribution is -0.157. The maximum Gasteiger partial charge on any atom is 0.468 e. The van der Waals surface area contributed by atoms with Crippen molar-refractivity contribution in [2.24, 2.45) is 0 Å². The minimum absolute atomic E-state index is 0.0672. The number of aryl methyl sites for hydroxylation is 1. The summed E-state index contributed by atoms with van der Waals surface area (Å²) in [7, 11) is 0. The van der Waals surface area contributed by atoms with Crippen molar-refractivity contribution in [1.82, 2.24) is 24.5 Å². The molecule has 2 N–H and O–H groups in total. The van der Waals surface area contributed by atoms with Crippen molar-refractivity contribution in [2.45, 2.75) is 19.6 Å². The monoisotopic (exact) mass is 408 g/mol. The van der Waals surface area contributed by atoms with Crippen molar-refractivity contribution < 1.29 is 17.6 Å². The second-order valence-electron chi connectivity index (χ2n) is 6.05. The Bertz CT molecular complexity index is 1220. The Hall–Kier alpha value is -3.14. The van der Waals surface area contributed by atoms with Gasteiger partial charge in [0.15, 0.2) is 5.65 Å². The maximum atomic E-state index is 12.8. The Kier molecular flexibility index (Phi) is 4.22. The molecule has 1 aromatic carbocycles. The van der Waals surface area contributed by atoms with E-state index in [9.17, 15) is 13.2 Å². The summed E-state index contributed by atoms with van der Waals surface area (Å²) in [6.45, 7) is 1.75. The van der Waals surface area contributed by atoms with Crippen LogP contribution in [0.5, 0.6) is 0 Å². The van der Waals surface area contributed by atoms with Crippen LogP contribution in [0.1, 0.15) is 17.2 Å². The van der Waals surface area contributed by atoms with Crippen LogP contribution < -0.4 is 5.62 Å². The normalized spacial score (nSPS) is 12.0. The summed E-state index contributed by atoms with van der Waals surface area (Å²) in [6.07, 6.45) is -3.14. The van der Waals surface area contributed by atoms with E-state index in [0.717, 1.165) is 5.56 Å². The number of aromatic nitrogens is 5. The molecule has 144 valence electrons. The van der Waals surface area contributed by atoms with Gasteiger partial charge in [0.05, 0.1) is 12.7 Å². The topological polar surface area (TPSA) is 96.4 Å². The second kappa shape index (κ2) is 6.48. The zero-order valence-corrected chi connectivity index (χ0v) is 15.1. The lowest BCUT2D eigenvalue weighted by atomic mass is 10.1. The van der Waals surface area contributed by atoms with Gasteiger partial charge in [0.2, 0.25) is 10.9 Å². The highest BCUT2D eigenvalue weighted by atomic mass is 35.5. The van der Waals surface area contributed by atoms with Gasteiger partial charge in [-0.3, -0.25) is 9.98 Å². The first kappa shape index (κ1) is 18.2. The third-order valence-electron chi connectivity index (χ3n) is 4.13. The van der Waals surface area contributed by atoms with Gasteiger partial charge in [-0.05, 0) is 24.1 Å². The Balaban J connectivity index is 1.65. The fraction of sp³-hybridized carbons (Fsp3) is 0.176. The summed E-state index contributed by atoms with van der Waals surface area (Å²) in [5, 5.41) is 8.12. The molecule has 0 aliphatic rings. The number of hydrogen-bond donors (Lipinski definition) is 2. The van der Waals surface area contributed by atoms with Crippen molar-refractivity contribution in [2.75, 3.05) is 0 Å². The minimum atomic E-state index is -4.64. The molecule has 4 aromatic rings. The van der Waals surface area contributed by atoms with E-state index in [-0.39, 0.29) is 22.4 Å². The Labute approximate surface area is 160 Å². The van der Waals surface area contributed by atoms with Gasteiger partial charge in [-0.15, -0.1) is 0 Å². The molecule has 0 bridgehead atoms. The van der Waals surface area contributed by atoms with Gasteiger partial charge < -0.3 is 9.40 Å². The van der Waals surface area contributed by atoms with E-state index in [0.29, 0.717) is 23.3 Å². The van der Waals surface area contributed by atoms with Crippen LogP contribution in [0.4, 0.5) is 13.2 Å². The van der Waals surface area contributed by atoms with Gasteiger partial charge in [0, 0.05) is 5.56 Å². The van der Waals surface area contributed by atoms with Gasteiger partial charge in [0.1, 0.15) is 17.0 Å².